The zero-order valence-electron chi connectivity index (χ0n) is 12.5. The number of thioether (sulfide) groups is 1. The van der Waals surface area contributed by atoms with Gasteiger partial charge in [-0.15, -0.1) is 11.8 Å². The van der Waals surface area contributed by atoms with Crippen molar-refractivity contribution < 1.29 is 9.18 Å². The summed E-state index contributed by atoms with van der Waals surface area (Å²) >= 11 is 7.58. The van der Waals surface area contributed by atoms with Gasteiger partial charge < -0.3 is 4.90 Å². The van der Waals surface area contributed by atoms with E-state index in [1.165, 1.54) is 6.07 Å². The van der Waals surface area contributed by atoms with E-state index in [1.54, 1.807) is 23.9 Å². The largest absolute Gasteiger partial charge is 0.326 e. The van der Waals surface area contributed by atoms with Crippen molar-refractivity contribution in [3.63, 3.8) is 0 Å². The van der Waals surface area contributed by atoms with Gasteiger partial charge in [0, 0.05) is 18.7 Å². The highest BCUT2D eigenvalue weighted by Crippen LogP contribution is 2.38. The molecule has 5 heteroatoms. The van der Waals surface area contributed by atoms with Crippen LogP contribution in [0, 0.1) is 5.82 Å². The summed E-state index contributed by atoms with van der Waals surface area (Å²) in [5, 5.41) is 0.203. The molecule has 1 fully saturated rings. The lowest BCUT2D eigenvalue weighted by atomic mass is 10.1. The lowest BCUT2D eigenvalue weighted by Gasteiger charge is -2.24. The van der Waals surface area contributed by atoms with E-state index in [4.69, 9.17) is 11.6 Å². The Morgan fingerprint density at radius 2 is 2.04 bits per heavy atom. The van der Waals surface area contributed by atoms with Crippen LogP contribution in [-0.4, -0.2) is 23.1 Å². The summed E-state index contributed by atoms with van der Waals surface area (Å²) in [7, 11) is 0. The van der Waals surface area contributed by atoms with Crippen molar-refractivity contribution in [1.29, 1.82) is 0 Å². The second-order valence-electron chi connectivity index (χ2n) is 5.47. The predicted octanol–water partition coefficient (Wildman–Crippen LogP) is 4.69. The number of hydrogen-bond donors (Lipinski definition) is 0. The molecule has 0 aliphatic carbocycles. The van der Waals surface area contributed by atoms with Crippen molar-refractivity contribution in [2.75, 3.05) is 12.3 Å². The minimum atomic E-state index is -0.429. The number of carbonyl (C=O) groups is 1. The Kier molecular flexibility index (Phi) is 5.23. The standard InChI is InChI=1S/C18H17ClFNOS/c19-15-12-13(6-8-16(15)20)7-9-17(22)21-10-11-23-18(21)14-4-2-1-3-5-14/h1-6,8,12,18H,7,9-11H2. The molecule has 2 aromatic carbocycles. The molecule has 0 spiro atoms. The first-order valence-corrected chi connectivity index (χ1v) is 8.98. The second-order valence-corrected chi connectivity index (χ2v) is 7.06. The van der Waals surface area contributed by atoms with E-state index >= 15 is 0 Å². The predicted molar refractivity (Wildman–Crippen MR) is 93.1 cm³/mol. The van der Waals surface area contributed by atoms with Gasteiger partial charge in [-0.25, -0.2) is 4.39 Å². The Balaban J connectivity index is 1.64. The fourth-order valence-corrected chi connectivity index (χ4v) is 4.19. The maximum Gasteiger partial charge on any atom is 0.224 e. The summed E-state index contributed by atoms with van der Waals surface area (Å²) in [6.07, 6.45) is 0.980. The normalized spacial score (nSPS) is 17.5. The Morgan fingerprint density at radius 1 is 1.26 bits per heavy atom. The average molecular weight is 350 g/mol. The summed E-state index contributed by atoms with van der Waals surface area (Å²) in [5.74, 6) is 0.652. The highest BCUT2D eigenvalue weighted by molar-refractivity contribution is 7.99. The van der Waals surface area contributed by atoms with Crippen LogP contribution < -0.4 is 0 Å². The molecule has 1 unspecified atom stereocenters. The van der Waals surface area contributed by atoms with Crippen LogP contribution in [0.2, 0.25) is 5.02 Å². The van der Waals surface area contributed by atoms with Crippen LogP contribution in [0.15, 0.2) is 48.5 Å². The summed E-state index contributed by atoms with van der Waals surface area (Å²) < 4.78 is 13.2. The number of carbonyl (C=O) groups excluding carboxylic acids is 1. The first kappa shape index (κ1) is 16.3. The molecule has 0 saturated carbocycles. The highest BCUT2D eigenvalue weighted by atomic mass is 35.5. The van der Waals surface area contributed by atoms with Gasteiger partial charge in [0.1, 0.15) is 11.2 Å². The molecule has 1 heterocycles. The van der Waals surface area contributed by atoms with Crippen LogP contribution in [-0.2, 0) is 11.2 Å². The zero-order valence-corrected chi connectivity index (χ0v) is 14.1. The molecule has 23 heavy (non-hydrogen) atoms. The van der Waals surface area contributed by atoms with Gasteiger partial charge in [-0.1, -0.05) is 48.0 Å². The number of rotatable bonds is 4. The average Bonchev–Trinajstić information content (AvgIpc) is 3.06. The second kappa shape index (κ2) is 7.37. The molecule has 2 aromatic rings. The summed E-state index contributed by atoms with van der Waals surface area (Å²) in [6, 6.07) is 14.7. The van der Waals surface area contributed by atoms with Gasteiger partial charge in [0.05, 0.1) is 5.02 Å². The van der Waals surface area contributed by atoms with Crippen molar-refractivity contribution in [1.82, 2.24) is 4.90 Å². The van der Waals surface area contributed by atoms with Crippen LogP contribution in [0.4, 0.5) is 4.39 Å². The number of halogens is 2. The number of benzene rings is 2. The molecule has 1 atom stereocenters. The number of aryl methyl sites for hydroxylation is 1. The van der Waals surface area contributed by atoms with Gasteiger partial charge in [0.15, 0.2) is 0 Å². The first-order valence-electron chi connectivity index (χ1n) is 7.55. The molecule has 3 rings (SSSR count). The van der Waals surface area contributed by atoms with Gasteiger partial charge >= 0.3 is 0 Å². The first-order chi connectivity index (χ1) is 11.1. The third-order valence-electron chi connectivity index (χ3n) is 3.91. The third kappa shape index (κ3) is 3.88. The Bertz CT molecular complexity index is 695. The van der Waals surface area contributed by atoms with Crippen molar-refractivity contribution in [3.8, 4) is 0 Å². The molecule has 2 nitrogen and oxygen atoms in total. The molecular weight excluding hydrogens is 333 g/mol. The monoisotopic (exact) mass is 349 g/mol. The van der Waals surface area contributed by atoms with E-state index < -0.39 is 5.82 Å². The Morgan fingerprint density at radius 3 is 2.78 bits per heavy atom. The van der Waals surface area contributed by atoms with E-state index in [9.17, 15) is 9.18 Å². The van der Waals surface area contributed by atoms with Crippen LogP contribution in [0.1, 0.15) is 22.9 Å². The zero-order chi connectivity index (χ0) is 16.2. The SMILES string of the molecule is O=C(CCc1ccc(F)c(Cl)c1)N1CCSC1c1ccccc1. The molecule has 120 valence electrons. The Hall–Kier alpha value is -1.52. The lowest BCUT2D eigenvalue weighted by molar-refractivity contribution is -0.131. The summed E-state index contributed by atoms with van der Waals surface area (Å²) in [4.78, 5) is 14.5. The third-order valence-corrected chi connectivity index (χ3v) is 5.46. The fourth-order valence-electron chi connectivity index (χ4n) is 2.71. The molecule has 0 radical (unpaired) electrons. The number of amides is 1. The van der Waals surface area contributed by atoms with Crippen LogP contribution in [0.25, 0.3) is 0 Å². The molecule has 1 saturated heterocycles. The van der Waals surface area contributed by atoms with Gasteiger partial charge in [-0.2, -0.15) is 0 Å². The topological polar surface area (TPSA) is 20.3 Å². The quantitative estimate of drug-likeness (QED) is 0.798. The molecule has 1 amide bonds. The number of hydrogen-bond acceptors (Lipinski definition) is 2. The van der Waals surface area contributed by atoms with Gasteiger partial charge in [-0.05, 0) is 29.7 Å². The maximum absolute atomic E-state index is 13.2. The van der Waals surface area contributed by atoms with Crippen LogP contribution in [0.3, 0.4) is 0 Å². The lowest BCUT2D eigenvalue weighted by Crippen LogP contribution is -2.30. The van der Waals surface area contributed by atoms with Crippen LogP contribution >= 0.6 is 23.4 Å². The van der Waals surface area contributed by atoms with Gasteiger partial charge in [0.2, 0.25) is 5.91 Å². The van der Waals surface area contributed by atoms with Crippen molar-refractivity contribution in [2.45, 2.75) is 18.2 Å². The van der Waals surface area contributed by atoms with Gasteiger partial charge in [-0.3, -0.25) is 4.79 Å². The molecule has 0 N–H and O–H groups in total. The highest BCUT2D eigenvalue weighted by Gasteiger charge is 2.29. The van der Waals surface area contributed by atoms with Crippen molar-refractivity contribution in [2.24, 2.45) is 0 Å². The minimum Gasteiger partial charge on any atom is -0.326 e. The maximum atomic E-state index is 13.2. The molecule has 0 bridgehead atoms. The minimum absolute atomic E-state index is 0.0977. The molecular formula is C18H17ClFNOS. The fraction of sp³-hybridized carbons (Fsp3) is 0.278. The van der Waals surface area contributed by atoms with E-state index in [-0.39, 0.29) is 16.3 Å². The van der Waals surface area contributed by atoms with E-state index in [2.05, 4.69) is 12.1 Å². The van der Waals surface area contributed by atoms with E-state index in [1.807, 2.05) is 23.1 Å². The van der Waals surface area contributed by atoms with Crippen LogP contribution in [0.5, 0.6) is 0 Å². The smallest absolute Gasteiger partial charge is 0.224 e. The van der Waals surface area contributed by atoms with E-state index in [0.717, 1.165) is 23.4 Å². The summed E-state index contributed by atoms with van der Waals surface area (Å²) in [6.45, 7) is 0.771. The molecule has 1 aliphatic rings. The molecule has 1 aliphatic heterocycles. The summed E-state index contributed by atoms with van der Waals surface area (Å²) in [5.41, 5.74) is 2.04. The molecule has 0 aromatic heterocycles. The van der Waals surface area contributed by atoms with Crippen molar-refractivity contribution >= 4 is 29.3 Å². The van der Waals surface area contributed by atoms with E-state index in [0.29, 0.717) is 12.8 Å². The number of nitrogens with zero attached hydrogens (tertiary/aromatic N) is 1. The Labute approximate surface area is 144 Å². The van der Waals surface area contributed by atoms with Gasteiger partial charge in [0.25, 0.3) is 0 Å². The van der Waals surface area contributed by atoms with Crippen molar-refractivity contribution in [3.05, 3.63) is 70.5 Å².